The van der Waals surface area contributed by atoms with Crippen LogP contribution in [0.25, 0.3) is 0 Å². The Balaban J connectivity index is 2.47. The largest absolute Gasteiger partial charge is 0.441 e. The molecule has 0 radical (unpaired) electrons. The third kappa shape index (κ3) is 6.72. The molecule has 0 aliphatic carbocycles. The third-order valence-electron chi connectivity index (χ3n) is 1.94. The number of anilines is 2. The van der Waals surface area contributed by atoms with Crippen molar-refractivity contribution in [2.45, 2.75) is 18.9 Å². The summed E-state index contributed by atoms with van der Waals surface area (Å²) in [7, 11) is 0. The van der Waals surface area contributed by atoms with Crippen LogP contribution in [0.15, 0.2) is 6.20 Å². The van der Waals surface area contributed by atoms with Crippen molar-refractivity contribution in [2.75, 3.05) is 29.5 Å². The molecule has 9 heteroatoms. The molecule has 2 N–H and O–H groups in total. The maximum atomic E-state index is 11.9. The third-order valence-corrected chi connectivity index (χ3v) is 2.95. The van der Waals surface area contributed by atoms with E-state index in [0.717, 1.165) is 6.42 Å². The van der Waals surface area contributed by atoms with Crippen molar-refractivity contribution in [3.05, 3.63) is 11.2 Å². The van der Waals surface area contributed by atoms with Gasteiger partial charge in [-0.05, 0) is 18.2 Å². The molecule has 0 spiro atoms. The van der Waals surface area contributed by atoms with Gasteiger partial charge in [0, 0.05) is 18.8 Å². The number of rotatable bonds is 7. The van der Waals surface area contributed by atoms with Crippen LogP contribution in [0.3, 0.4) is 0 Å². The molecule has 0 bridgehead atoms. The summed E-state index contributed by atoms with van der Waals surface area (Å²) >= 11 is 5.77. The van der Waals surface area contributed by atoms with Gasteiger partial charge in [-0.15, -0.1) is 0 Å². The highest BCUT2D eigenvalue weighted by atomic mass is 35.5. The van der Waals surface area contributed by atoms with Gasteiger partial charge >= 0.3 is 5.51 Å². The number of alkyl halides is 3. The number of thioether (sulfide) groups is 1. The average Bonchev–Trinajstić information content (AvgIpc) is 2.33. The minimum absolute atomic E-state index is 0.0879. The SMILES string of the molecule is CCCNc1ncc(Cl)c(NCCSC(F)(F)F)n1. The van der Waals surface area contributed by atoms with Crippen molar-refractivity contribution >= 4 is 35.1 Å². The molecule has 108 valence electrons. The van der Waals surface area contributed by atoms with E-state index in [2.05, 4.69) is 20.6 Å². The summed E-state index contributed by atoms with van der Waals surface area (Å²) in [6.07, 6.45) is 2.32. The molecule has 1 aromatic heterocycles. The van der Waals surface area contributed by atoms with Crippen molar-refractivity contribution in [3.8, 4) is 0 Å². The summed E-state index contributed by atoms with van der Waals surface area (Å²) in [5, 5.41) is 6.01. The zero-order valence-electron chi connectivity index (χ0n) is 10.2. The van der Waals surface area contributed by atoms with E-state index in [9.17, 15) is 13.2 Å². The number of hydrogen-bond acceptors (Lipinski definition) is 5. The van der Waals surface area contributed by atoms with Gasteiger partial charge in [-0.3, -0.25) is 0 Å². The van der Waals surface area contributed by atoms with Gasteiger partial charge in [0.25, 0.3) is 0 Å². The molecule has 19 heavy (non-hydrogen) atoms. The van der Waals surface area contributed by atoms with Crippen molar-refractivity contribution in [2.24, 2.45) is 0 Å². The van der Waals surface area contributed by atoms with E-state index < -0.39 is 5.51 Å². The van der Waals surface area contributed by atoms with Crippen LogP contribution in [0.5, 0.6) is 0 Å². The van der Waals surface area contributed by atoms with Crippen LogP contribution in [0, 0.1) is 0 Å². The maximum Gasteiger partial charge on any atom is 0.441 e. The number of nitrogens with zero attached hydrogens (tertiary/aromatic N) is 2. The number of aromatic nitrogens is 2. The summed E-state index contributed by atoms with van der Waals surface area (Å²) in [4.78, 5) is 8.05. The monoisotopic (exact) mass is 314 g/mol. The predicted octanol–water partition coefficient (Wildman–Crippen LogP) is 3.62. The lowest BCUT2D eigenvalue weighted by molar-refractivity contribution is -0.0327. The van der Waals surface area contributed by atoms with E-state index in [1.54, 1.807) is 0 Å². The van der Waals surface area contributed by atoms with Crippen molar-refractivity contribution < 1.29 is 13.2 Å². The van der Waals surface area contributed by atoms with Gasteiger partial charge in [0.2, 0.25) is 5.95 Å². The molecule has 0 saturated heterocycles. The summed E-state index contributed by atoms with van der Waals surface area (Å²) in [6.45, 7) is 2.83. The summed E-state index contributed by atoms with van der Waals surface area (Å²) in [5.41, 5.74) is -4.22. The fourth-order valence-corrected chi connectivity index (χ4v) is 1.74. The Morgan fingerprint density at radius 3 is 2.68 bits per heavy atom. The lowest BCUT2D eigenvalue weighted by Crippen LogP contribution is -2.12. The molecule has 4 nitrogen and oxygen atoms in total. The topological polar surface area (TPSA) is 49.8 Å². The lowest BCUT2D eigenvalue weighted by atomic mass is 10.5. The molecule has 0 unspecified atom stereocenters. The molecule has 1 heterocycles. The Labute approximate surface area is 118 Å². The molecule has 0 aromatic carbocycles. The van der Waals surface area contributed by atoms with Crippen LogP contribution >= 0.6 is 23.4 Å². The van der Waals surface area contributed by atoms with Crippen LogP contribution in [0.4, 0.5) is 24.9 Å². The zero-order valence-corrected chi connectivity index (χ0v) is 11.8. The molecule has 1 rings (SSSR count). The summed E-state index contributed by atoms with van der Waals surface area (Å²) in [6, 6.07) is 0. The van der Waals surface area contributed by atoms with Crippen LogP contribution in [0.2, 0.25) is 5.02 Å². The van der Waals surface area contributed by atoms with Gasteiger partial charge in [-0.2, -0.15) is 18.2 Å². The Bertz CT molecular complexity index is 403. The van der Waals surface area contributed by atoms with Gasteiger partial charge in [-0.1, -0.05) is 18.5 Å². The van der Waals surface area contributed by atoms with E-state index in [-0.39, 0.29) is 29.1 Å². The first kappa shape index (κ1) is 16.2. The summed E-state index contributed by atoms with van der Waals surface area (Å²) in [5.74, 6) is 0.622. The normalized spacial score (nSPS) is 11.4. The van der Waals surface area contributed by atoms with Gasteiger partial charge in [0.1, 0.15) is 5.02 Å². The van der Waals surface area contributed by atoms with E-state index in [1.165, 1.54) is 6.20 Å². The van der Waals surface area contributed by atoms with Crippen LogP contribution in [-0.4, -0.2) is 34.3 Å². The molecule has 0 aliphatic heterocycles. The van der Waals surface area contributed by atoms with Gasteiger partial charge in [0.15, 0.2) is 5.82 Å². The smallest absolute Gasteiger partial charge is 0.368 e. The average molecular weight is 315 g/mol. The standard InChI is InChI=1S/C10H14ClF3N4S/c1-2-3-16-9-17-6-7(11)8(18-9)15-4-5-19-10(12,13)14/h6H,2-5H2,1H3,(H2,15,16,17,18). The van der Waals surface area contributed by atoms with E-state index in [4.69, 9.17) is 11.6 Å². The molecular weight excluding hydrogens is 301 g/mol. The van der Waals surface area contributed by atoms with Gasteiger partial charge in [0.05, 0.1) is 6.20 Å². The molecule has 0 saturated carbocycles. The Morgan fingerprint density at radius 2 is 2.05 bits per heavy atom. The zero-order chi connectivity index (χ0) is 14.3. The van der Waals surface area contributed by atoms with E-state index in [0.29, 0.717) is 18.3 Å². The van der Waals surface area contributed by atoms with E-state index in [1.807, 2.05) is 6.92 Å². The second-order valence-corrected chi connectivity index (χ2v) is 5.10. The van der Waals surface area contributed by atoms with Crippen molar-refractivity contribution in [1.82, 2.24) is 9.97 Å². The minimum atomic E-state index is -4.22. The second kappa shape index (κ2) is 7.64. The Morgan fingerprint density at radius 1 is 1.32 bits per heavy atom. The lowest BCUT2D eigenvalue weighted by Gasteiger charge is -2.10. The van der Waals surface area contributed by atoms with Crippen LogP contribution in [-0.2, 0) is 0 Å². The highest BCUT2D eigenvalue weighted by molar-refractivity contribution is 8.00. The highest BCUT2D eigenvalue weighted by Crippen LogP contribution is 2.29. The van der Waals surface area contributed by atoms with Gasteiger partial charge in [-0.25, -0.2) is 4.98 Å². The Kier molecular flexibility index (Phi) is 6.50. The second-order valence-electron chi connectivity index (χ2n) is 3.54. The fraction of sp³-hybridized carbons (Fsp3) is 0.600. The molecule has 1 aromatic rings. The molecule has 0 atom stereocenters. The fourth-order valence-electron chi connectivity index (χ4n) is 1.15. The van der Waals surface area contributed by atoms with Crippen molar-refractivity contribution in [3.63, 3.8) is 0 Å². The quantitative estimate of drug-likeness (QED) is 0.753. The van der Waals surface area contributed by atoms with Crippen LogP contribution < -0.4 is 10.6 Å². The van der Waals surface area contributed by atoms with Crippen molar-refractivity contribution in [1.29, 1.82) is 0 Å². The Hall–Kier alpha value is -0.890. The first-order valence-electron chi connectivity index (χ1n) is 5.63. The number of hydrogen-bond donors (Lipinski definition) is 2. The molecular formula is C10H14ClF3N4S. The molecule has 0 fully saturated rings. The molecule has 0 amide bonds. The molecule has 0 aliphatic rings. The number of halogens is 4. The number of nitrogens with one attached hydrogen (secondary N) is 2. The minimum Gasteiger partial charge on any atom is -0.368 e. The summed E-state index contributed by atoms with van der Waals surface area (Å²) < 4.78 is 35.8. The maximum absolute atomic E-state index is 11.9. The van der Waals surface area contributed by atoms with E-state index >= 15 is 0 Å². The van der Waals surface area contributed by atoms with Gasteiger partial charge < -0.3 is 10.6 Å². The first-order valence-corrected chi connectivity index (χ1v) is 6.99. The highest BCUT2D eigenvalue weighted by Gasteiger charge is 2.27. The predicted molar refractivity (Wildman–Crippen MR) is 72.8 cm³/mol. The van der Waals surface area contributed by atoms with Crippen LogP contribution in [0.1, 0.15) is 13.3 Å². The first-order chi connectivity index (χ1) is 8.92.